The number of sulfonamides is 1. The minimum atomic E-state index is -3.95. The van der Waals surface area contributed by atoms with E-state index in [1.807, 2.05) is 6.07 Å². The Morgan fingerprint density at radius 1 is 1.00 bits per heavy atom. The second kappa shape index (κ2) is 11.9. The molecule has 1 aliphatic carbocycles. The number of allylic oxidation sites excluding steroid dienone is 1. The van der Waals surface area contributed by atoms with Crippen LogP contribution in [0, 0.1) is 0 Å². The van der Waals surface area contributed by atoms with E-state index in [2.05, 4.69) is 16.1 Å². The van der Waals surface area contributed by atoms with Crippen LogP contribution in [0.3, 0.4) is 0 Å². The smallest absolute Gasteiger partial charge is 0.335 e. The van der Waals surface area contributed by atoms with E-state index in [4.69, 9.17) is 9.47 Å². The van der Waals surface area contributed by atoms with Crippen molar-refractivity contribution >= 4 is 21.7 Å². The number of benzene rings is 2. The molecule has 0 saturated heterocycles. The normalized spacial score (nSPS) is 13.8. The Morgan fingerprint density at radius 3 is 2.47 bits per heavy atom. The largest absolute Gasteiger partial charge is 0.493 e. The second-order valence-electron chi connectivity index (χ2n) is 8.14. The molecule has 0 heterocycles. The summed E-state index contributed by atoms with van der Waals surface area (Å²) in [7, 11) is -0.856. The number of ether oxygens (including phenoxy) is 2. The van der Waals surface area contributed by atoms with Crippen LogP contribution < -0.4 is 19.5 Å². The van der Waals surface area contributed by atoms with E-state index in [9.17, 15) is 18.3 Å². The lowest BCUT2D eigenvalue weighted by Crippen LogP contribution is -2.27. The van der Waals surface area contributed by atoms with E-state index in [0.717, 1.165) is 24.8 Å². The van der Waals surface area contributed by atoms with Crippen molar-refractivity contribution in [2.75, 3.05) is 32.6 Å². The van der Waals surface area contributed by atoms with E-state index in [1.165, 1.54) is 36.6 Å². The number of anilines is 1. The molecule has 34 heavy (non-hydrogen) atoms. The molecule has 0 bridgehead atoms. The Bertz CT molecular complexity index is 1140. The third-order valence-electron chi connectivity index (χ3n) is 5.82. The van der Waals surface area contributed by atoms with Crippen molar-refractivity contribution in [3.63, 3.8) is 0 Å². The Hall–Kier alpha value is -3.04. The van der Waals surface area contributed by atoms with Gasteiger partial charge in [-0.25, -0.2) is 17.9 Å². The number of carboxylic acids is 1. The van der Waals surface area contributed by atoms with Crippen molar-refractivity contribution in [1.29, 1.82) is 0 Å². The highest BCUT2D eigenvalue weighted by molar-refractivity contribution is 7.89. The molecule has 184 valence electrons. The molecule has 3 N–H and O–H groups in total. The molecule has 9 heteroatoms. The molecule has 0 radical (unpaired) electrons. The first kappa shape index (κ1) is 25.6. The van der Waals surface area contributed by atoms with Crippen LogP contribution in [0.1, 0.15) is 48.0 Å². The Labute approximate surface area is 201 Å². The van der Waals surface area contributed by atoms with Gasteiger partial charge < -0.3 is 19.9 Å². The van der Waals surface area contributed by atoms with Crippen LogP contribution in [0.25, 0.3) is 0 Å². The van der Waals surface area contributed by atoms with Crippen molar-refractivity contribution in [3.05, 3.63) is 59.2 Å². The van der Waals surface area contributed by atoms with Gasteiger partial charge in [0.1, 0.15) is 4.90 Å². The first-order chi connectivity index (χ1) is 16.3. The number of rotatable bonds is 12. The topological polar surface area (TPSA) is 114 Å². The summed E-state index contributed by atoms with van der Waals surface area (Å²) < 4.78 is 39.3. The van der Waals surface area contributed by atoms with Gasteiger partial charge in [-0.2, -0.15) is 0 Å². The highest BCUT2D eigenvalue weighted by Gasteiger charge is 2.21. The number of nitrogens with one attached hydrogen (secondary N) is 2. The van der Waals surface area contributed by atoms with Crippen LogP contribution in [0.15, 0.2) is 52.9 Å². The zero-order valence-corrected chi connectivity index (χ0v) is 20.4. The fraction of sp³-hybridized carbons (Fsp3) is 0.400. The van der Waals surface area contributed by atoms with Gasteiger partial charge in [-0.3, -0.25) is 0 Å². The number of aromatic carboxylic acids is 1. The zero-order valence-electron chi connectivity index (χ0n) is 19.6. The summed E-state index contributed by atoms with van der Waals surface area (Å²) in [6.45, 7) is 0.716. The van der Waals surface area contributed by atoms with Crippen molar-refractivity contribution in [1.82, 2.24) is 4.72 Å². The summed E-state index contributed by atoms with van der Waals surface area (Å²) in [4.78, 5) is 11.4. The van der Waals surface area contributed by atoms with Gasteiger partial charge in [-0.1, -0.05) is 17.7 Å². The lowest BCUT2D eigenvalue weighted by molar-refractivity contribution is 0.0696. The van der Waals surface area contributed by atoms with Gasteiger partial charge in [0.2, 0.25) is 10.0 Å². The molecule has 8 nitrogen and oxygen atoms in total. The summed E-state index contributed by atoms with van der Waals surface area (Å²) in [6, 6.07) is 9.53. The van der Waals surface area contributed by atoms with Crippen LogP contribution in [0.4, 0.5) is 5.69 Å². The van der Waals surface area contributed by atoms with Crippen LogP contribution in [-0.4, -0.2) is 46.8 Å². The molecule has 0 atom stereocenters. The van der Waals surface area contributed by atoms with Crippen molar-refractivity contribution in [3.8, 4) is 11.5 Å². The van der Waals surface area contributed by atoms with Crippen molar-refractivity contribution < 1.29 is 27.8 Å². The molecule has 0 amide bonds. The quantitative estimate of drug-likeness (QED) is 0.383. The minimum Gasteiger partial charge on any atom is -0.493 e. The average molecular weight is 489 g/mol. The lowest BCUT2D eigenvalue weighted by Gasteiger charge is -2.16. The van der Waals surface area contributed by atoms with Crippen LogP contribution >= 0.6 is 0 Å². The van der Waals surface area contributed by atoms with Crippen LogP contribution in [0.2, 0.25) is 0 Å². The minimum absolute atomic E-state index is 0.0719. The molecule has 0 aromatic heterocycles. The average Bonchev–Trinajstić information content (AvgIpc) is 2.84. The highest BCUT2D eigenvalue weighted by Crippen LogP contribution is 2.28. The number of methoxy groups -OCH3 is 2. The number of carboxylic acid groups (broad SMARTS) is 1. The predicted molar refractivity (Wildman–Crippen MR) is 131 cm³/mol. The van der Waals surface area contributed by atoms with Gasteiger partial charge in [-0.15, -0.1) is 0 Å². The SMILES string of the molecule is COc1ccc(CCNS(=O)(=O)c2cc(C(=O)O)ccc2NCCC2=CCCCC2)cc1OC. The van der Waals surface area contributed by atoms with Crippen LogP contribution in [-0.2, 0) is 16.4 Å². The molecule has 0 spiro atoms. The lowest BCUT2D eigenvalue weighted by atomic mass is 9.97. The Kier molecular flexibility index (Phi) is 8.95. The number of hydrogen-bond acceptors (Lipinski definition) is 6. The highest BCUT2D eigenvalue weighted by atomic mass is 32.2. The Balaban J connectivity index is 1.71. The van der Waals surface area contributed by atoms with E-state index >= 15 is 0 Å². The molecule has 0 saturated carbocycles. The standard InChI is InChI=1S/C25H32N2O6S/c1-32-22-11-8-19(16-23(22)33-2)13-15-27-34(30,31)24-17-20(25(28)29)9-10-21(24)26-14-12-18-6-4-3-5-7-18/h6,8-11,16-17,26-27H,3-5,7,12-15H2,1-2H3,(H,28,29). The molecule has 1 aliphatic rings. The molecule has 0 unspecified atom stereocenters. The molecule has 0 aliphatic heterocycles. The third kappa shape index (κ3) is 6.74. The molecular weight excluding hydrogens is 456 g/mol. The molecule has 2 aromatic carbocycles. The molecule has 0 fully saturated rings. The third-order valence-corrected chi connectivity index (χ3v) is 7.32. The summed E-state index contributed by atoms with van der Waals surface area (Å²) in [5.41, 5.74) is 2.55. The van der Waals surface area contributed by atoms with Crippen molar-refractivity contribution in [2.45, 2.75) is 43.4 Å². The fourth-order valence-corrected chi connectivity index (χ4v) is 5.19. The predicted octanol–water partition coefficient (Wildman–Crippen LogP) is 4.23. The van der Waals surface area contributed by atoms with E-state index < -0.39 is 16.0 Å². The van der Waals surface area contributed by atoms with Gasteiger partial charge in [0.05, 0.1) is 25.5 Å². The van der Waals surface area contributed by atoms with E-state index in [-0.39, 0.29) is 17.0 Å². The number of hydrogen-bond donors (Lipinski definition) is 3. The van der Waals surface area contributed by atoms with Gasteiger partial charge in [0.25, 0.3) is 0 Å². The van der Waals surface area contributed by atoms with Gasteiger partial charge in [0, 0.05) is 13.1 Å². The van der Waals surface area contributed by atoms with E-state index in [1.54, 1.807) is 26.4 Å². The first-order valence-corrected chi connectivity index (χ1v) is 12.8. The summed E-state index contributed by atoms with van der Waals surface area (Å²) in [5.74, 6) is -0.0192. The van der Waals surface area contributed by atoms with Gasteiger partial charge in [-0.05, 0) is 74.4 Å². The summed E-state index contributed by atoms with van der Waals surface area (Å²) in [6.07, 6.45) is 8.07. The molecule has 3 rings (SSSR count). The number of carbonyl (C=O) groups is 1. The maximum atomic E-state index is 13.1. The summed E-state index contributed by atoms with van der Waals surface area (Å²) in [5, 5.41) is 12.5. The summed E-state index contributed by atoms with van der Waals surface area (Å²) >= 11 is 0. The second-order valence-corrected chi connectivity index (χ2v) is 9.87. The van der Waals surface area contributed by atoms with E-state index in [0.29, 0.717) is 30.2 Å². The monoisotopic (exact) mass is 488 g/mol. The maximum absolute atomic E-state index is 13.1. The van der Waals surface area contributed by atoms with Crippen LogP contribution in [0.5, 0.6) is 11.5 Å². The first-order valence-electron chi connectivity index (χ1n) is 11.3. The maximum Gasteiger partial charge on any atom is 0.335 e. The molecule has 2 aromatic rings. The van der Waals surface area contributed by atoms with Crippen molar-refractivity contribution in [2.24, 2.45) is 0 Å². The fourth-order valence-electron chi connectivity index (χ4n) is 3.96. The zero-order chi connectivity index (χ0) is 24.6. The Morgan fingerprint density at radius 2 is 1.79 bits per heavy atom. The molecular formula is C25H32N2O6S. The van der Waals surface area contributed by atoms with Gasteiger partial charge >= 0.3 is 5.97 Å². The van der Waals surface area contributed by atoms with Gasteiger partial charge in [0.15, 0.2) is 11.5 Å².